The molecule has 0 amide bonds. The molecule has 3 rings (SSSR count). The summed E-state index contributed by atoms with van der Waals surface area (Å²) in [6.45, 7) is 0. The number of pyridine rings is 2. The minimum Gasteiger partial charge on any atom is -0.322 e. The van der Waals surface area contributed by atoms with Gasteiger partial charge in [0.1, 0.15) is 5.69 Å². The third kappa shape index (κ3) is 2.62. The molecule has 9 heteroatoms. The molecule has 0 bridgehead atoms. The molecule has 0 atom stereocenters. The van der Waals surface area contributed by atoms with Crippen molar-refractivity contribution >= 4 is 21.8 Å². The van der Waals surface area contributed by atoms with Gasteiger partial charge in [-0.3, -0.25) is 4.79 Å². The van der Waals surface area contributed by atoms with E-state index in [1.54, 1.807) is 0 Å². The zero-order chi connectivity index (χ0) is 17.0. The van der Waals surface area contributed by atoms with Gasteiger partial charge in [-0.2, -0.15) is 26.3 Å². The first-order chi connectivity index (χ1) is 10.6. The van der Waals surface area contributed by atoms with Crippen molar-refractivity contribution in [1.82, 2.24) is 9.97 Å². The quantitative estimate of drug-likeness (QED) is 0.497. The normalized spacial score (nSPS) is 13.0. The Morgan fingerprint density at radius 1 is 0.913 bits per heavy atom. The number of hydrogen-bond donors (Lipinski definition) is 1. The maximum Gasteiger partial charge on any atom is 0.433 e. The Morgan fingerprint density at radius 2 is 1.61 bits per heavy atom. The average Bonchev–Trinajstić information content (AvgIpc) is 2.43. The standard InChI is InChI=1S/C14H6F6N2O/c15-13(16,17)7-5-10(14(18,19)20)21-9-3-2-8-6(12(7)9)1-4-11(23)22-8/h1-5H,(H,22,23). The summed E-state index contributed by atoms with van der Waals surface area (Å²) in [6.07, 6.45) is -10.0. The van der Waals surface area contributed by atoms with Gasteiger partial charge in [0, 0.05) is 22.4 Å². The van der Waals surface area contributed by atoms with Crippen molar-refractivity contribution in [1.29, 1.82) is 0 Å². The summed E-state index contributed by atoms with van der Waals surface area (Å²) in [7, 11) is 0. The van der Waals surface area contributed by atoms with E-state index in [1.165, 1.54) is 6.07 Å². The van der Waals surface area contributed by atoms with E-state index < -0.39 is 40.1 Å². The predicted molar refractivity (Wildman–Crippen MR) is 69.9 cm³/mol. The van der Waals surface area contributed by atoms with Crippen molar-refractivity contribution in [3.8, 4) is 0 Å². The van der Waals surface area contributed by atoms with Gasteiger partial charge < -0.3 is 4.98 Å². The number of aromatic amines is 1. The molecule has 0 unspecified atom stereocenters. The number of H-pyrrole nitrogens is 1. The molecule has 1 aromatic carbocycles. The van der Waals surface area contributed by atoms with Gasteiger partial charge in [-0.15, -0.1) is 0 Å². The predicted octanol–water partition coefficient (Wildman–Crippen LogP) is 4.11. The van der Waals surface area contributed by atoms with Gasteiger partial charge in [0.15, 0.2) is 0 Å². The molecule has 1 N–H and O–H groups in total. The summed E-state index contributed by atoms with van der Waals surface area (Å²) in [5.74, 6) is 0. The van der Waals surface area contributed by atoms with E-state index in [4.69, 9.17) is 0 Å². The monoisotopic (exact) mass is 332 g/mol. The van der Waals surface area contributed by atoms with Gasteiger partial charge in [0.25, 0.3) is 0 Å². The zero-order valence-electron chi connectivity index (χ0n) is 11.0. The summed E-state index contributed by atoms with van der Waals surface area (Å²) in [6, 6.07) is 4.33. The molecule has 2 aromatic heterocycles. The van der Waals surface area contributed by atoms with Gasteiger partial charge in [0.2, 0.25) is 5.56 Å². The molecule has 23 heavy (non-hydrogen) atoms. The van der Waals surface area contributed by atoms with Crippen molar-refractivity contribution < 1.29 is 26.3 Å². The summed E-state index contributed by atoms with van der Waals surface area (Å²) in [5.41, 5.74) is -3.98. The second kappa shape index (κ2) is 4.71. The lowest BCUT2D eigenvalue weighted by Gasteiger charge is -2.15. The fourth-order valence-electron chi connectivity index (χ4n) is 2.34. The van der Waals surface area contributed by atoms with Crippen molar-refractivity contribution in [2.45, 2.75) is 12.4 Å². The Kier molecular flexibility index (Phi) is 3.13. The van der Waals surface area contributed by atoms with Crippen LogP contribution in [0.4, 0.5) is 26.3 Å². The smallest absolute Gasteiger partial charge is 0.322 e. The van der Waals surface area contributed by atoms with Crippen molar-refractivity contribution in [2.24, 2.45) is 0 Å². The highest BCUT2D eigenvalue weighted by molar-refractivity contribution is 6.06. The molecular formula is C14H6F6N2O. The highest BCUT2D eigenvalue weighted by atomic mass is 19.4. The Bertz CT molecular complexity index is 971. The highest BCUT2D eigenvalue weighted by Gasteiger charge is 2.39. The summed E-state index contributed by atoms with van der Waals surface area (Å²) in [4.78, 5) is 16.9. The van der Waals surface area contributed by atoms with Crippen LogP contribution in [0.15, 0.2) is 35.1 Å². The van der Waals surface area contributed by atoms with Gasteiger partial charge in [-0.25, -0.2) is 4.98 Å². The van der Waals surface area contributed by atoms with Crippen molar-refractivity contribution in [3.63, 3.8) is 0 Å². The topological polar surface area (TPSA) is 45.8 Å². The van der Waals surface area contributed by atoms with E-state index in [0.717, 1.165) is 18.2 Å². The maximum absolute atomic E-state index is 13.2. The number of halogens is 6. The average molecular weight is 332 g/mol. The summed E-state index contributed by atoms with van der Waals surface area (Å²) in [5, 5.41) is -0.519. The number of aromatic nitrogens is 2. The first-order valence-electron chi connectivity index (χ1n) is 6.18. The highest BCUT2D eigenvalue weighted by Crippen LogP contribution is 2.40. The Labute approximate surface area is 123 Å². The Morgan fingerprint density at radius 3 is 2.22 bits per heavy atom. The number of alkyl halides is 6. The molecular weight excluding hydrogens is 326 g/mol. The Hall–Kier alpha value is -2.58. The minimum absolute atomic E-state index is 0.0210. The molecule has 120 valence electrons. The molecule has 0 aliphatic rings. The van der Waals surface area contributed by atoms with Crippen LogP contribution in [-0.2, 0) is 12.4 Å². The van der Waals surface area contributed by atoms with E-state index in [2.05, 4.69) is 9.97 Å². The number of rotatable bonds is 0. The van der Waals surface area contributed by atoms with Crippen LogP contribution in [0.25, 0.3) is 21.8 Å². The number of nitrogens with one attached hydrogen (secondary N) is 1. The van der Waals surface area contributed by atoms with Crippen molar-refractivity contribution in [2.75, 3.05) is 0 Å². The second-order valence-corrected chi connectivity index (χ2v) is 4.79. The SMILES string of the molecule is O=c1ccc2c(ccc3nc(C(F)(F)F)cc(C(F)(F)F)c32)[nH]1. The lowest BCUT2D eigenvalue weighted by molar-refractivity contribution is -0.144. The van der Waals surface area contributed by atoms with E-state index in [-0.39, 0.29) is 17.0 Å². The second-order valence-electron chi connectivity index (χ2n) is 4.79. The van der Waals surface area contributed by atoms with Crippen molar-refractivity contribution in [3.05, 3.63) is 51.9 Å². The molecule has 3 nitrogen and oxygen atoms in total. The zero-order valence-corrected chi connectivity index (χ0v) is 11.0. The molecule has 0 spiro atoms. The lowest BCUT2D eigenvalue weighted by Crippen LogP contribution is -2.14. The minimum atomic E-state index is -5.01. The largest absolute Gasteiger partial charge is 0.433 e. The lowest BCUT2D eigenvalue weighted by atomic mass is 10.0. The number of hydrogen-bond acceptors (Lipinski definition) is 2. The van der Waals surface area contributed by atoms with E-state index >= 15 is 0 Å². The molecule has 2 heterocycles. The van der Waals surface area contributed by atoms with Gasteiger partial charge in [-0.05, 0) is 24.3 Å². The fourth-order valence-corrected chi connectivity index (χ4v) is 2.34. The molecule has 0 aliphatic carbocycles. The van der Waals surface area contributed by atoms with Gasteiger partial charge in [0.05, 0.1) is 11.1 Å². The Balaban J connectivity index is 2.53. The van der Waals surface area contributed by atoms with Crippen LogP contribution >= 0.6 is 0 Å². The molecule has 0 saturated carbocycles. The maximum atomic E-state index is 13.2. The van der Waals surface area contributed by atoms with Crippen LogP contribution in [0.3, 0.4) is 0 Å². The molecule has 0 radical (unpaired) electrons. The fraction of sp³-hybridized carbons (Fsp3) is 0.143. The van der Waals surface area contributed by atoms with Crippen LogP contribution in [0.1, 0.15) is 11.3 Å². The van der Waals surface area contributed by atoms with E-state index in [1.807, 2.05) is 0 Å². The first kappa shape index (κ1) is 15.3. The number of fused-ring (bicyclic) bond motifs is 3. The van der Waals surface area contributed by atoms with Gasteiger partial charge >= 0.3 is 12.4 Å². The molecule has 3 aromatic rings. The van der Waals surface area contributed by atoms with Crippen LogP contribution in [0, 0.1) is 0 Å². The van der Waals surface area contributed by atoms with E-state index in [9.17, 15) is 31.1 Å². The van der Waals surface area contributed by atoms with Crippen LogP contribution < -0.4 is 5.56 Å². The van der Waals surface area contributed by atoms with Crippen LogP contribution in [-0.4, -0.2) is 9.97 Å². The number of nitrogens with zero attached hydrogens (tertiary/aromatic N) is 1. The van der Waals surface area contributed by atoms with Crippen LogP contribution in [0.2, 0.25) is 0 Å². The molecule has 0 fully saturated rings. The molecule has 0 saturated heterocycles. The summed E-state index contributed by atoms with van der Waals surface area (Å²) >= 11 is 0. The van der Waals surface area contributed by atoms with Gasteiger partial charge in [-0.1, -0.05) is 0 Å². The number of benzene rings is 1. The third-order valence-corrected chi connectivity index (χ3v) is 3.27. The molecule has 0 aliphatic heterocycles. The van der Waals surface area contributed by atoms with E-state index in [0.29, 0.717) is 0 Å². The van der Waals surface area contributed by atoms with Crippen LogP contribution in [0.5, 0.6) is 0 Å². The summed E-state index contributed by atoms with van der Waals surface area (Å²) < 4.78 is 78.0. The third-order valence-electron chi connectivity index (χ3n) is 3.27. The first-order valence-corrected chi connectivity index (χ1v) is 6.18.